The van der Waals surface area contributed by atoms with Crippen molar-refractivity contribution in [2.24, 2.45) is 0 Å². The molecule has 0 aliphatic rings. The number of alkyl halides is 3. The molecule has 0 spiro atoms. The van der Waals surface area contributed by atoms with E-state index in [1.165, 1.54) is 18.3 Å². The van der Waals surface area contributed by atoms with Gasteiger partial charge in [-0.3, -0.25) is 4.79 Å². The Morgan fingerprint density at radius 2 is 1.81 bits per heavy atom. The van der Waals surface area contributed by atoms with Crippen LogP contribution in [0.25, 0.3) is 0 Å². The van der Waals surface area contributed by atoms with Crippen LogP contribution < -0.4 is 10.6 Å². The van der Waals surface area contributed by atoms with E-state index in [0.717, 1.165) is 7.11 Å². The molecule has 27 heavy (non-hydrogen) atoms. The Bertz CT molecular complexity index is 801. The summed E-state index contributed by atoms with van der Waals surface area (Å²) in [6, 6.07) is 10.8. The summed E-state index contributed by atoms with van der Waals surface area (Å²) in [5.74, 6) is -3.02. The molecule has 144 valence electrons. The molecule has 1 aromatic heterocycles. The van der Waals surface area contributed by atoms with Gasteiger partial charge in [0.25, 0.3) is 0 Å². The lowest BCUT2D eigenvalue weighted by Crippen LogP contribution is -2.69. The highest BCUT2D eigenvalue weighted by Gasteiger charge is 2.63. The minimum atomic E-state index is -5.21. The van der Waals surface area contributed by atoms with Crippen LogP contribution >= 0.6 is 15.9 Å². The second-order valence-corrected chi connectivity index (χ2v) is 6.35. The molecule has 1 aromatic carbocycles. The van der Waals surface area contributed by atoms with Gasteiger partial charge in [-0.05, 0) is 33.6 Å². The first kappa shape index (κ1) is 20.7. The molecule has 0 saturated carbocycles. The molecule has 0 saturated heterocycles. The molecule has 1 amide bonds. The lowest BCUT2D eigenvalue weighted by atomic mass is 10.1. The van der Waals surface area contributed by atoms with Crippen LogP contribution in [0.4, 0.5) is 19.0 Å². The maximum Gasteiger partial charge on any atom is 0.441 e. The highest BCUT2D eigenvalue weighted by Crippen LogP contribution is 2.33. The highest BCUT2D eigenvalue weighted by molar-refractivity contribution is 9.10. The number of pyridine rings is 1. The lowest BCUT2D eigenvalue weighted by molar-refractivity contribution is -0.206. The first-order valence-corrected chi connectivity index (χ1v) is 8.37. The Morgan fingerprint density at radius 1 is 1.15 bits per heavy atom. The molecule has 0 fully saturated rings. The van der Waals surface area contributed by atoms with Crippen molar-refractivity contribution < 1.29 is 27.5 Å². The molecule has 2 N–H and O–H groups in total. The van der Waals surface area contributed by atoms with Crippen molar-refractivity contribution in [2.45, 2.75) is 18.3 Å². The zero-order chi connectivity index (χ0) is 20.1. The lowest BCUT2D eigenvalue weighted by Gasteiger charge is -2.34. The summed E-state index contributed by atoms with van der Waals surface area (Å²) in [7, 11) is 0.795. The number of carbonyl (C=O) groups is 2. The predicted octanol–water partition coefficient (Wildman–Crippen LogP) is 3.05. The van der Waals surface area contributed by atoms with Crippen molar-refractivity contribution in [1.82, 2.24) is 10.3 Å². The maximum absolute atomic E-state index is 13.9. The van der Waals surface area contributed by atoms with E-state index in [2.05, 4.69) is 25.7 Å². The largest absolute Gasteiger partial charge is 0.466 e. The SMILES string of the molecule is COC(=O)[C@@](NC(=O)Cc1ccccc1)(Nc1ccc(Br)cn1)C(F)(F)F. The third-order valence-corrected chi connectivity index (χ3v) is 3.96. The first-order valence-electron chi connectivity index (χ1n) is 7.58. The van der Waals surface area contributed by atoms with Gasteiger partial charge >= 0.3 is 17.8 Å². The first-order chi connectivity index (χ1) is 12.7. The molecule has 2 rings (SSSR count). The number of methoxy groups -OCH3 is 1. The molecule has 10 heteroatoms. The van der Waals surface area contributed by atoms with Crippen LogP contribution in [-0.2, 0) is 20.7 Å². The van der Waals surface area contributed by atoms with Gasteiger partial charge in [0.2, 0.25) is 5.91 Å². The fourth-order valence-electron chi connectivity index (χ4n) is 2.22. The van der Waals surface area contributed by atoms with Gasteiger partial charge in [0.15, 0.2) is 0 Å². The summed E-state index contributed by atoms with van der Waals surface area (Å²) < 4.78 is 46.4. The predicted molar refractivity (Wildman–Crippen MR) is 94.7 cm³/mol. The Kier molecular flexibility index (Phi) is 6.42. The topological polar surface area (TPSA) is 80.3 Å². The molecule has 1 heterocycles. The molecule has 6 nitrogen and oxygen atoms in total. The molecule has 2 aromatic rings. The van der Waals surface area contributed by atoms with Crippen molar-refractivity contribution in [3.05, 3.63) is 58.7 Å². The van der Waals surface area contributed by atoms with Crippen molar-refractivity contribution in [3.8, 4) is 0 Å². The number of aromatic nitrogens is 1. The van der Waals surface area contributed by atoms with E-state index >= 15 is 0 Å². The second kappa shape index (κ2) is 8.38. The molecule has 0 radical (unpaired) electrons. The van der Waals surface area contributed by atoms with Gasteiger partial charge in [0, 0.05) is 10.7 Å². The van der Waals surface area contributed by atoms with Crippen LogP contribution in [-0.4, -0.2) is 35.8 Å². The number of amides is 1. The van der Waals surface area contributed by atoms with Gasteiger partial charge in [-0.1, -0.05) is 30.3 Å². The number of benzene rings is 1. The number of anilines is 1. The average molecular weight is 446 g/mol. The summed E-state index contributed by atoms with van der Waals surface area (Å²) in [6.07, 6.45) is -4.32. The molecular weight excluding hydrogens is 431 g/mol. The number of hydrogen-bond donors (Lipinski definition) is 2. The van der Waals surface area contributed by atoms with Crippen LogP contribution in [0, 0.1) is 0 Å². The van der Waals surface area contributed by atoms with E-state index in [4.69, 9.17) is 0 Å². The zero-order valence-corrected chi connectivity index (χ0v) is 15.6. The minimum absolute atomic E-state index is 0.277. The van der Waals surface area contributed by atoms with Crippen LogP contribution in [0.1, 0.15) is 5.56 Å². The van der Waals surface area contributed by atoms with Gasteiger partial charge in [0.05, 0.1) is 13.5 Å². The fraction of sp³-hybridized carbons (Fsp3) is 0.235. The molecule has 0 aliphatic carbocycles. The van der Waals surface area contributed by atoms with Gasteiger partial charge in [-0.2, -0.15) is 13.2 Å². The third kappa shape index (κ3) is 4.97. The number of carbonyl (C=O) groups excluding carboxylic acids is 2. The highest BCUT2D eigenvalue weighted by atomic mass is 79.9. The number of halogens is 4. The molecular formula is C17H15BrF3N3O3. The van der Waals surface area contributed by atoms with Gasteiger partial charge in [-0.25, -0.2) is 9.78 Å². The summed E-state index contributed by atoms with van der Waals surface area (Å²) in [5.41, 5.74) is -3.01. The molecule has 1 atom stereocenters. The Labute approximate surface area is 161 Å². The van der Waals surface area contributed by atoms with E-state index < -0.39 is 23.7 Å². The summed E-state index contributed by atoms with van der Waals surface area (Å²) in [6.45, 7) is 0. The quantitative estimate of drug-likeness (QED) is 0.527. The van der Waals surface area contributed by atoms with E-state index in [1.54, 1.807) is 35.6 Å². The summed E-state index contributed by atoms with van der Waals surface area (Å²) in [4.78, 5) is 28.1. The number of nitrogens with one attached hydrogen (secondary N) is 2. The molecule has 0 bridgehead atoms. The van der Waals surface area contributed by atoms with E-state index in [-0.39, 0.29) is 12.2 Å². The van der Waals surface area contributed by atoms with Crippen molar-refractivity contribution >= 4 is 33.6 Å². The third-order valence-electron chi connectivity index (χ3n) is 3.49. The fourth-order valence-corrected chi connectivity index (χ4v) is 2.45. The van der Waals surface area contributed by atoms with Gasteiger partial charge < -0.3 is 15.4 Å². The number of ether oxygens (including phenoxy) is 1. The standard InChI is InChI=1S/C17H15BrF3N3O3/c1-27-15(26)16(17(19,20)21,23-13-8-7-12(18)10-22-13)24-14(25)9-11-5-3-2-4-6-11/h2-8,10H,9H2,1H3,(H,22,23)(H,24,25)/t16-/m0/s1. The van der Waals surface area contributed by atoms with Crippen molar-refractivity contribution in [2.75, 3.05) is 12.4 Å². The monoisotopic (exact) mass is 445 g/mol. The number of esters is 1. The van der Waals surface area contributed by atoms with Crippen LogP contribution in [0.15, 0.2) is 53.1 Å². The Morgan fingerprint density at radius 3 is 2.33 bits per heavy atom. The Hall–Kier alpha value is -2.62. The zero-order valence-electron chi connectivity index (χ0n) is 14.0. The smallest absolute Gasteiger partial charge is 0.441 e. The number of rotatable bonds is 6. The Balaban J connectivity index is 2.36. The van der Waals surface area contributed by atoms with Gasteiger partial charge in [0.1, 0.15) is 5.82 Å². The van der Waals surface area contributed by atoms with E-state index in [0.29, 0.717) is 10.0 Å². The second-order valence-electron chi connectivity index (χ2n) is 5.44. The number of hydrogen-bond acceptors (Lipinski definition) is 5. The molecule has 0 aliphatic heterocycles. The van der Waals surface area contributed by atoms with E-state index in [9.17, 15) is 22.8 Å². The molecule has 0 unspecified atom stereocenters. The van der Waals surface area contributed by atoms with Crippen LogP contribution in [0.3, 0.4) is 0 Å². The minimum Gasteiger partial charge on any atom is -0.466 e. The van der Waals surface area contributed by atoms with Crippen molar-refractivity contribution in [3.63, 3.8) is 0 Å². The maximum atomic E-state index is 13.9. The summed E-state index contributed by atoms with van der Waals surface area (Å²) in [5, 5.41) is 3.70. The normalized spacial score (nSPS) is 13.4. The van der Waals surface area contributed by atoms with Gasteiger partial charge in [-0.15, -0.1) is 0 Å². The van der Waals surface area contributed by atoms with Crippen molar-refractivity contribution in [1.29, 1.82) is 0 Å². The average Bonchev–Trinajstić information content (AvgIpc) is 2.62. The summed E-state index contributed by atoms with van der Waals surface area (Å²) >= 11 is 3.11. The van der Waals surface area contributed by atoms with Crippen LogP contribution in [0.2, 0.25) is 0 Å². The van der Waals surface area contributed by atoms with E-state index in [1.807, 2.05) is 5.32 Å². The number of nitrogens with zero attached hydrogens (tertiary/aromatic N) is 1. The van der Waals surface area contributed by atoms with Crippen LogP contribution in [0.5, 0.6) is 0 Å².